The van der Waals surface area contributed by atoms with E-state index >= 15 is 0 Å². The normalized spacial score (nSPS) is 15.4. The monoisotopic (exact) mass is 350 g/mol. The van der Waals surface area contributed by atoms with Gasteiger partial charge in [-0.1, -0.05) is 6.07 Å². The Morgan fingerprint density at radius 2 is 1.92 bits per heavy atom. The van der Waals surface area contributed by atoms with Crippen LogP contribution in [0.25, 0.3) is 5.65 Å². The molecule has 7 heteroatoms. The van der Waals surface area contributed by atoms with Crippen LogP contribution in [0.15, 0.2) is 36.7 Å². The molecule has 1 amide bonds. The fourth-order valence-corrected chi connectivity index (χ4v) is 3.32. The van der Waals surface area contributed by atoms with Gasteiger partial charge in [0.25, 0.3) is 0 Å². The number of amides is 1. The van der Waals surface area contributed by atoms with E-state index in [1.165, 1.54) is 11.1 Å². The van der Waals surface area contributed by atoms with Crippen molar-refractivity contribution in [3.05, 3.63) is 47.8 Å². The number of aryl methyl sites for hydroxylation is 2. The van der Waals surface area contributed by atoms with Gasteiger partial charge in [-0.3, -0.25) is 4.79 Å². The zero-order chi connectivity index (χ0) is 18.1. The summed E-state index contributed by atoms with van der Waals surface area (Å²) in [6, 6.07) is 9.90. The molecule has 0 atom stereocenters. The molecule has 1 aromatic carbocycles. The Kier molecular flexibility index (Phi) is 4.28. The van der Waals surface area contributed by atoms with Gasteiger partial charge in [0, 0.05) is 24.7 Å². The number of carbonyl (C=O) groups excluding carboxylic acids is 1. The molecule has 3 heterocycles. The molecule has 0 aliphatic carbocycles. The summed E-state index contributed by atoms with van der Waals surface area (Å²) in [4.78, 5) is 14.8. The number of carbonyl (C=O) groups is 1. The van der Waals surface area contributed by atoms with Crippen LogP contribution in [0.1, 0.15) is 24.0 Å². The van der Waals surface area contributed by atoms with E-state index in [0.29, 0.717) is 0 Å². The maximum absolute atomic E-state index is 12.6. The number of benzene rings is 1. The van der Waals surface area contributed by atoms with E-state index < -0.39 is 0 Å². The Bertz CT molecular complexity index is 942. The van der Waals surface area contributed by atoms with Crippen molar-refractivity contribution in [2.75, 3.05) is 23.3 Å². The Morgan fingerprint density at radius 3 is 2.69 bits per heavy atom. The number of hydrogen-bond acceptors (Lipinski definition) is 5. The third-order valence-corrected chi connectivity index (χ3v) is 5.11. The summed E-state index contributed by atoms with van der Waals surface area (Å²) >= 11 is 0. The SMILES string of the molecule is Cc1ccc(NC(=O)C2CCN(c3ccc4nncn4n3)CC2)cc1C. The summed E-state index contributed by atoms with van der Waals surface area (Å²) in [6.07, 6.45) is 3.24. The van der Waals surface area contributed by atoms with Crippen molar-refractivity contribution >= 4 is 23.1 Å². The minimum Gasteiger partial charge on any atom is -0.355 e. The maximum atomic E-state index is 12.6. The summed E-state index contributed by atoms with van der Waals surface area (Å²) in [5, 5.41) is 15.4. The Morgan fingerprint density at radius 1 is 1.12 bits per heavy atom. The van der Waals surface area contributed by atoms with Crippen molar-refractivity contribution < 1.29 is 4.79 Å². The van der Waals surface area contributed by atoms with E-state index in [4.69, 9.17) is 0 Å². The first-order valence-corrected chi connectivity index (χ1v) is 8.90. The molecular formula is C19H22N6O. The summed E-state index contributed by atoms with van der Waals surface area (Å²) in [6.45, 7) is 5.75. The number of nitrogens with zero attached hydrogens (tertiary/aromatic N) is 5. The molecular weight excluding hydrogens is 328 g/mol. The van der Waals surface area contributed by atoms with E-state index in [-0.39, 0.29) is 11.8 Å². The van der Waals surface area contributed by atoms with Crippen molar-refractivity contribution in [1.82, 2.24) is 19.8 Å². The van der Waals surface area contributed by atoms with Gasteiger partial charge in [-0.15, -0.1) is 15.3 Å². The van der Waals surface area contributed by atoms with E-state index in [1.807, 2.05) is 30.3 Å². The zero-order valence-electron chi connectivity index (χ0n) is 15.0. The van der Waals surface area contributed by atoms with Crippen LogP contribution in [-0.4, -0.2) is 38.8 Å². The Balaban J connectivity index is 1.37. The lowest BCUT2D eigenvalue weighted by atomic mass is 9.95. The summed E-state index contributed by atoms with van der Waals surface area (Å²) in [7, 11) is 0. The Labute approximate surface area is 152 Å². The highest BCUT2D eigenvalue weighted by molar-refractivity contribution is 5.92. The predicted molar refractivity (Wildman–Crippen MR) is 100 cm³/mol. The molecule has 0 radical (unpaired) electrons. The van der Waals surface area contributed by atoms with Gasteiger partial charge in [-0.05, 0) is 62.1 Å². The molecule has 7 nitrogen and oxygen atoms in total. The topological polar surface area (TPSA) is 75.4 Å². The molecule has 1 saturated heterocycles. The van der Waals surface area contributed by atoms with Crippen LogP contribution < -0.4 is 10.2 Å². The second-order valence-electron chi connectivity index (χ2n) is 6.87. The number of fused-ring (bicyclic) bond motifs is 1. The maximum Gasteiger partial charge on any atom is 0.227 e. The van der Waals surface area contributed by atoms with E-state index in [2.05, 4.69) is 39.4 Å². The molecule has 134 valence electrons. The van der Waals surface area contributed by atoms with Crippen LogP contribution >= 0.6 is 0 Å². The summed E-state index contributed by atoms with van der Waals surface area (Å²) < 4.78 is 1.67. The van der Waals surface area contributed by atoms with Crippen molar-refractivity contribution in [2.45, 2.75) is 26.7 Å². The van der Waals surface area contributed by atoms with Crippen molar-refractivity contribution in [2.24, 2.45) is 5.92 Å². The third-order valence-electron chi connectivity index (χ3n) is 5.11. The first kappa shape index (κ1) is 16.5. The van der Waals surface area contributed by atoms with Gasteiger partial charge in [0.1, 0.15) is 12.1 Å². The largest absolute Gasteiger partial charge is 0.355 e. The minimum atomic E-state index is 0.0338. The fraction of sp³-hybridized carbons (Fsp3) is 0.368. The van der Waals surface area contributed by atoms with Crippen LogP contribution in [0.4, 0.5) is 11.5 Å². The number of rotatable bonds is 3. The molecule has 3 aromatic rings. The van der Waals surface area contributed by atoms with Crippen LogP contribution in [0.2, 0.25) is 0 Å². The molecule has 0 bridgehead atoms. The van der Waals surface area contributed by atoms with E-state index in [9.17, 15) is 4.79 Å². The summed E-state index contributed by atoms with van der Waals surface area (Å²) in [5.41, 5.74) is 4.03. The van der Waals surface area contributed by atoms with Crippen molar-refractivity contribution in [3.63, 3.8) is 0 Å². The second-order valence-corrected chi connectivity index (χ2v) is 6.87. The lowest BCUT2D eigenvalue weighted by Crippen LogP contribution is -2.38. The molecule has 2 aromatic heterocycles. The number of nitrogens with one attached hydrogen (secondary N) is 1. The number of anilines is 2. The van der Waals surface area contributed by atoms with Gasteiger partial charge in [-0.25, -0.2) is 0 Å². The number of aromatic nitrogens is 4. The fourth-order valence-electron chi connectivity index (χ4n) is 3.32. The van der Waals surface area contributed by atoms with Gasteiger partial charge < -0.3 is 10.2 Å². The van der Waals surface area contributed by atoms with E-state index in [0.717, 1.165) is 43.1 Å². The van der Waals surface area contributed by atoms with Crippen LogP contribution in [-0.2, 0) is 4.79 Å². The highest BCUT2D eigenvalue weighted by Crippen LogP contribution is 2.23. The minimum absolute atomic E-state index is 0.0338. The van der Waals surface area contributed by atoms with Gasteiger partial charge in [0.05, 0.1) is 0 Å². The van der Waals surface area contributed by atoms with E-state index in [1.54, 1.807) is 10.8 Å². The van der Waals surface area contributed by atoms with Gasteiger partial charge in [0.2, 0.25) is 5.91 Å². The quantitative estimate of drug-likeness (QED) is 0.786. The van der Waals surface area contributed by atoms with Crippen LogP contribution in [0.3, 0.4) is 0 Å². The molecule has 0 saturated carbocycles. The summed E-state index contributed by atoms with van der Waals surface area (Å²) in [5.74, 6) is 1.03. The van der Waals surface area contributed by atoms with Crippen LogP contribution in [0, 0.1) is 19.8 Å². The van der Waals surface area contributed by atoms with Gasteiger partial charge in [0.15, 0.2) is 5.65 Å². The zero-order valence-corrected chi connectivity index (χ0v) is 15.0. The van der Waals surface area contributed by atoms with Crippen LogP contribution in [0.5, 0.6) is 0 Å². The lowest BCUT2D eigenvalue weighted by Gasteiger charge is -2.32. The number of piperidine rings is 1. The average Bonchev–Trinajstić information content (AvgIpc) is 3.12. The molecule has 4 rings (SSSR count). The van der Waals surface area contributed by atoms with Gasteiger partial charge in [-0.2, -0.15) is 4.52 Å². The molecule has 0 unspecified atom stereocenters. The molecule has 1 N–H and O–H groups in total. The third kappa shape index (κ3) is 3.24. The molecule has 1 aliphatic heterocycles. The standard InChI is InChI=1S/C19H22N6O/c1-13-3-4-16(11-14(13)2)21-19(26)15-7-9-24(10-8-15)18-6-5-17-22-20-12-25(17)23-18/h3-6,11-12,15H,7-10H2,1-2H3,(H,21,26). The highest BCUT2D eigenvalue weighted by atomic mass is 16.1. The first-order chi connectivity index (χ1) is 12.6. The van der Waals surface area contributed by atoms with Gasteiger partial charge >= 0.3 is 0 Å². The van der Waals surface area contributed by atoms with Crippen molar-refractivity contribution in [1.29, 1.82) is 0 Å². The Hall–Kier alpha value is -2.96. The number of hydrogen-bond donors (Lipinski definition) is 1. The molecule has 26 heavy (non-hydrogen) atoms. The molecule has 1 fully saturated rings. The average molecular weight is 350 g/mol. The first-order valence-electron chi connectivity index (χ1n) is 8.90. The molecule has 1 aliphatic rings. The second kappa shape index (κ2) is 6.74. The molecule has 0 spiro atoms. The predicted octanol–water partition coefficient (Wildman–Crippen LogP) is 2.60. The smallest absolute Gasteiger partial charge is 0.227 e. The highest BCUT2D eigenvalue weighted by Gasteiger charge is 2.26. The lowest BCUT2D eigenvalue weighted by molar-refractivity contribution is -0.120. The van der Waals surface area contributed by atoms with Crippen molar-refractivity contribution in [3.8, 4) is 0 Å².